The zero-order chi connectivity index (χ0) is 22.6. The van der Waals surface area contributed by atoms with E-state index in [1.165, 1.54) is 16.8 Å². The lowest BCUT2D eigenvalue weighted by Gasteiger charge is -2.43. The SMILES string of the molecule is Clc1ccc(NC2=CC(c3ccccc3)N(c3ccc(Cl)cc3)C(c3ccccc3)C2)cc1. The van der Waals surface area contributed by atoms with Crippen LogP contribution >= 0.6 is 23.2 Å². The molecule has 2 unspecified atom stereocenters. The third kappa shape index (κ3) is 4.93. The Labute approximate surface area is 205 Å². The molecular formula is C29H24Cl2N2. The molecule has 0 fully saturated rings. The largest absolute Gasteiger partial charge is 0.359 e. The highest BCUT2D eigenvalue weighted by Crippen LogP contribution is 2.44. The van der Waals surface area contributed by atoms with Crippen LogP contribution in [0.1, 0.15) is 29.6 Å². The highest BCUT2D eigenvalue weighted by atomic mass is 35.5. The minimum atomic E-state index is 0.0566. The van der Waals surface area contributed by atoms with Crippen molar-refractivity contribution in [1.82, 2.24) is 0 Å². The Morgan fingerprint density at radius 1 is 0.636 bits per heavy atom. The Bertz CT molecular complexity index is 1220. The van der Waals surface area contributed by atoms with Crippen molar-refractivity contribution in [1.29, 1.82) is 0 Å². The van der Waals surface area contributed by atoms with Gasteiger partial charge in [0.05, 0.1) is 12.1 Å². The van der Waals surface area contributed by atoms with Gasteiger partial charge in [-0.3, -0.25) is 0 Å². The van der Waals surface area contributed by atoms with E-state index in [0.717, 1.165) is 27.8 Å². The molecule has 0 saturated heterocycles. The second kappa shape index (κ2) is 9.74. The van der Waals surface area contributed by atoms with E-state index in [1.807, 2.05) is 36.4 Å². The summed E-state index contributed by atoms with van der Waals surface area (Å²) < 4.78 is 0. The molecule has 1 heterocycles. The number of anilines is 2. The van der Waals surface area contributed by atoms with Gasteiger partial charge in [0.2, 0.25) is 0 Å². The Kier molecular flexibility index (Phi) is 6.39. The standard InChI is InChI=1S/C29H24Cl2N2/c30-23-11-15-25(16-12-23)32-26-19-28(21-7-3-1-4-8-21)33(27-17-13-24(31)14-18-27)29(20-26)22-9-5-2-6-10-22/h1-19,28-29,32H,20H2. The first-order valence-electron chi connectivity index (χ1n) is 11.0. The van der Waals surface area contributed by atoms with Crippen LogP contribution < -0.4 is 10.2 Å². The molecule has 0 bridgehead atoms. The maximum Gasteiger partial charge on any atom is 0.0752 e. The summed E-state index contributed by atoms with van der Waals surface area (Å²) in [6, 6.07) is 37.6. The molecule has 0 radical (unpaired) electrons. The van der Waals surface area contributed by atoms with E-state index in [4.69, 9.17) is 23.2 Å². The smallest absolute Gasteiger partial charge is 0.0752 e. The molecule has 5 rings (SSSR count). The van der Waals surface area contributed by atoms with Crippen molar-refractivity contribution < 1.29 is 0 Å². The molecule has 2 nitrogen and oxygen atoms in total. The average molecular weight is 471 g/mol. The zero-order valence-corrected chi connectivity index (χ0v) is 19.5. The van der Waals surface area contributed by atoms with E-state index in [1.54, 1.807) is 0 Å². The molecule has 0 amide bonds. The fourth-order valence-electron chi connectivity index (χ4n) is 4.47. The molecule has 2 atom stereocenters. The summed E-state index contributed by atoms with van der Waals surface area (Å²) in [5.74, 6) is 0. The van der Waals surface area contributed by atoms with Crippen molar-refractivity contribution in [2.75, 3.05) is 10.2 Å². The first kappa shape index (κ1) is 21.6. The van der Waals surface area contributed by atoms with Gasteiger partial charge in [-0.05, 0) is 65.7 Å². The molecule has 0 spiro atoms. The van der Waals surface area contributed by atoms with Crippen LogP contribution in [-0.4, -0.2) is 0 Å². The van der Waals surface area contributed by atoms with Crippen LogP contribution in [0.2, 0.25) is 10.0 Å². The quantitative estimate of drug-likeness (QED) is 0.313. The molecule has 1 aliphatic rings. The summed E-state index contributed by atoms with van der Waals surface area (Å²) in [5.41, 5.74) is 5.87. The van der Waals surface area contributed by atoms with Gasteiger partial charge in [0.1, 0.15) is 0 Å². The van der Waals surface area contributed by atoms with Crippen LogP contribution in [0.5, 0.6) is 0 Å². The van der Waals surface area contributed by atoms with Crippen LogP contribution in [0.25, 0.3) is 0 Å². The lowest BCUT2D eigenvalue weighted by atomic mass is 9.89. The second-order valence-corrected chi connectivity index (χ2v) is 9.07. The third-order valence-electron chi connectivity index (χ3n) is 6.01. The molecular weight excluding hydrogens is 447 g/mol. The van der Waals surface area contributed by atoms with Gasteiger partial charge in [0.25, 0.3) is 0 Å². The van der Waals surface area contributed by atoms with E-state index in [-0.39, 0.29) is 12.1 Å². The molecule has 4 aromatic carbocycles. The second-order valence-electron chi connectivity index (χ2n) is 8.19. The molecule has 164 valence electrons. The van der Waals surface area contributed by atoms with Gasteiger partial charge in [-0.1, -0.05) is 83.9 Å². The fourth-order valence-corrected chi connectivity index (χ4v) is 4.72. The first-order chi connectivity index (χ1) is 16.2. The lowest BCUT2D eigenvalue weighted by Crippen LogP contribution is -2.36. The number of nitrogens with one attached hydrogen (secondary N) is 1. The predicted octanol–water partition coefficient (Wildman–Crippen LogP) is 8.68. The van der Waals surface area contributed by atoms with E-state index in [9.17, 15) is 0 Å². The van der Waals surface area contributed by atoms with Gasteiger partial charge in [0.15, 0.2) is 0 Å². The summed E-state index contributed by atoms with van der Waals surface area (Å²) in [6.07, 6.45) is 3.18. The Balaban J connectivity index is 1.62. The van der Waals surface area contributed by atoms with Crippen LogP contribution in [0.4, 0.5) is 11.4 Å². The van der Waals surface area contributed by atoms with Crippen LogP contribution in [0.3, 0.4) is 0 Å². The van der Waals surface area contributed by atoms with Crippen molar-refractivity contribution in [2.24, 2.45) is 0 Å². The van der Waals surface area contributed by atoms with Crippen molar-refractivity contribution in [3.63, 3.8) is 0 Å². The monoisotopic (exact) mass is 470 g/mol. The van der Waals surface area contributed by atoms with Gasteiger partial charge in [-0.15, -0.1) is 0 Å². The molecule has 33 heavy (non-hydrogen) atoms. The Morgan fingerprint density at radius 2 is 1.18 bits per heavy atom. The highest BCUT2D eigenvalue weighted by molar-refractivity contribution is 6.30. The first-order valence-corrected chi connectivity index (χ1v) is 11.8. The zero-order valence-electron chi connectivity index (χ0n) is 18.0. The van der Waals surface area contributed by atoms with Gasteiger partial charge < -0.3 is 10.2 Å². The average Bonchev–Trinajstić information content (AvgIpc) is 2.87. The molecule has 0 saturated carbocycles. The van der Waals surface area contributed by atoms with E-state index >= 15 is 0 Å². The topological polar surface area (TPSA) is 15.3 Å². The van der Waals surface area contributed by atoms with Gasteiger partial charge in [-0.25, -0.2) is 0 Å². The van der Waals surface area contributed by atoms with Gasteiger partial charge >= 0.3 is 0 Å². The third-order valence-corrected chi connectivity index (χ3v) is 6.51. The minimum absolute atomic E-state index is 0.0566. The van der Waals surface area contributed by atoms with Crippen molar-refractivity contribution in [3.05, 3.63) is 142 Å². The molecule has 0 aliphatic carbocycles. The Hall–Kier alpha value is -3.20. The van der Waals surface area contributed by atoms with Crippen LogP contribution in [0, 0.1) is 0 Å². The van der Waals surface area contributed by atoms with Gasteiger partial charge in [-0.2, -0.15) is 0 Å². The normalized spacial score (nSPS) is 18.0. The lowest BCUT2D eigenvalue weighted by molar-refractivity contribution is 0.546. The van der Waals surface area contributed by atoms with Crippen molar-refractivity contribution in [2.45, 2.75) is 18.5 Å². The van der Waals surface area contributed by atoms with E-state index < -0.39 is 0 Å². The molecule has 1 N–H and O–H groups in total. The highest BCUT2D eigenvalue weighted by Gasteiger charge is 2.33. The van der Waals surface area contributed by atoms with Crippen molar-refractivity contribution in [3.8, 4) is 0 Å². The summed E-state index contributed by atoms with van der Waals surface area (Å²) in [4.78, 5) is 2.49. The van der Waals surface area contributed by atoms with Crippen molar-refractivity contribution >= 4 is 34.6 Å². The number of halogens is 2. The number of nitrogens with zero attached hydrogens (tertiary/aromatic N) is 1. The summed E-state index contributed by atoms with van der Waals surface area (Å²) in [5, 5.41) is 5.12. The predicted molar refractivity (Wildman–Crippen MR) is 140 cm³/mol. The van der Waals surface area contributed by atoms with Crippen LogP contribution in [0.15, 0.2) is 121 Å². The number of hydrogen-bond donors (Lipinski definition) is 1. The fraction of sp³-hybridized carbons (Fsp3) is 0.103. The number of rotatable bonds is 5. The molecule has 0 aromatic heterocycles. The summed E-state index contributed by atoms with van der Waals surface area (Å²) in [7, 11) is 0. The van der Waals surface area contributed by atoms with Crippen LogP contribution in [-0.2, 0) is 0 Å². The maximum absolute atomic E-state index is 6.23. The number of benzene rings is 4. The summed E-state index contributed by atoms with van der Waals surface area (Å²) >= 11 is 12.3. The molecule has 4 aromatic rings. The van der Waals surface area contributed by atoms with Gasteiger partial charge in [0, 0.05) is 33.5 Å². The maximum atomic E-state index is 6.23. The number of hydrogen-bond acceptors (Lipinski definition) is 2. The minimum Gasteiger partial charge on any atom is -0.359 e. The summed E-state index contributed by atoms with van der Waals surface area (Å²) in [6.45, 7) is 0. The van der Waals surface area contributed by atoms with E-state index in [2.05, 4.69) is 89.1 Å². The Morgan fingerprint density at radius 3 is 1.79 bits per heavy atom. The van der Waals surface area contributed by atoms with E-state index in [0.29, 0.717) is 0 Å². The molecule has 4 heteroatoms. The molecule has 1 aliphatic heterocycles.